The van der Waals surface area contributed by atoms with Crippen LogP contribution < -0.4 is 76.7 Å². The van der Waals surface area contributed by atoms with Crippen molar-refractivity contribution in [2.24, 2.45) is 56.4 Å². The molecule has 88 heavy (non-hydrogen) atoms. The van der Waals surface area contributed by atoms with Gasteiger partial charge in [-0.1, -0.05) is 0 Å². The zero-order valence-electron chi connectivity index (χ0n) is 57.1. The minimum absolute atomic E-state index is 1.06. The summed E-state index contributed by atoms with van der Waals surface area (Å²) in [7, 11) is 3.79. The third-order valence-corrected chi connectivity index (χ3v) is 13.9. The summed E-state index contributed by atoms with van der Waals surface area (Å²) in [6.45, 7) is 42.6. The summed E-state index contributed by atoms with van der Waals surface area (Å²) in [5.41, 5.74) is 0. The van der Waals surface area contributed by atoms with Crippen molar-refractivity contribution in [3.63, 3.8) is 0 Å². The Kier molecular flexibility index (Phi) is 49.1. The lowest BCUT2D eigenvalue weighted by molar-refractivity contribution is -0.699. The quantitative estimate of drug-likeness (QED) is 0.0817. The SMILES string of the molecule is CC[n+]1ccn(C)c1C.CC[n+]1ccn(C)c1C.CC[n+]1ccn(C)c1C.CC[n+]1ccn(C)c1C.CC[n+]1ccn(C)c1C.CC[n+]1ccn(C)c1C.CC[n+]1ccn(C)c1C.CC[n+]1ccn(C)c1C.[O-]B([O-])F.[O-]B([O-])F.[O-]B([O-])F.[O-]B([O-])F. The number of imidazole rings is 8. The Bertz CT molecular complexity index is 2420. The fourth-order valence-corrected chi connectivity index (χ4v) is 7.46. The summed E-state index contributed by atoms with van der Waals surface area (Å²) < 4.78 is 74.1. The second-order valence-electron chi connectivity index (χ2n) is 19.0. The van der Waals surface area contributed by atoms with E-state index in [0.717, 1.165) is 52.4 Å². The highest BCUT2D eigenvalue weighted by atomic mass is 19.1. The first kappa shape index (κ1) is 87.8. The van der Waals surface area contributed by atoms with Gasteiger partial charge in [0.25, 0.3) is 46.6 Å². The molecule has 0 aliphatic heterocycles. The zero-order chi connectivity index (χ0) is 69.1. The van der Waals surface area contributed by atoms with E-state index in [1.54, 1.807) is 0 Å². The van der Waals surface area contributed by atoms with Gasteiger partial charge < -0.3 is 57.5 Å². The Morgan fingerprint density at radius 2 is 0.307 bits per heavy atom. The molecule has 0 aliphatic rings. The van der Waals surface area contributed by atoms with Gasteiger partial charge in [-0.05, 0) is 55.4 Å². The van der Waals surface area contributed by atoms with Crippen LogP contribution in [-0.2, 0) is 109 Å². The smallest absolute Gasteiger partial charge is 0.252 e. The largest absolute Gasteiger partial charge is 0.867 e. The molecule has 0 fully saturated rings. The Labute approximate surface area is 523 Å². The van der Waals surface area contributed by atoms with Gasteiger partial charge in [0.15, 0.2) is 0 Å². The summed E-state index contributed by atoms with van der Waals surface area (Å²) in [6.07, 6.45) is 33.3. The van der Waals surface area contributed by atoms with Crippen LogP contribution in [0.5, 0.6) is 0 Å². The van der Waals surface area contributed by atoms with E-state index in [1.165, 1.54) is 46.6 Å². The molecule has 8 aromatic heterocycles. The first-order valence-electron chi connectivity index (χ1n) is 28.9. The van der Waals surface area contributed by atoms with Crippen LogP contribution in [0.4, 0.5) is 17.3 Å². The molecular formula is C56H104B4F4N16O8. The maximum Gasteiger partial charge on any atom is 0.252 e. The standard InChI is InChI=1S/8C7H13N2.4BFO2/c8*1-4-9-6-5-8(3)7(9)2;4*2-1(3)4/h8*5-6H,4H2,1-3H3;;;;/q8*+1;4*-2. The molecule has 0 amide bonds. The highest BCUT2D eigenvalue weighted by Crippen LogP contribution is 1.92. The van der Waals surface area contributed by atoms with E-state index in [0.29, 0.717) is 0 Å². The second kappa shape index (κ2) is 49.2. The molecule has 0 unspecified atom stereocenters. The van der Waals surface area contributed by atoms with Gasteiger partial charge in [0.05, 0.1) is 109 Å². The molecule has 24 nitrogen and oxygen atoms in total. The Hall–Kier alpha value is -6.66. The van der Waals surface area contributed by atoms with Gasteiger partial charge in [-0.25, -0.2) is 73.1 Å². The highest BCUT2D eigenvalue weighted by molar-refractivity contribution is 6.27. The van der Waals surface area contributed by atoms with E-state index in [9.17, 15) is 17.3 Å². The summed E-state index contributed by atoms with van der Waals surface area (Å²) in [5.74, 6) is 10.4. The van der Waals surface area contributed by atoms with Crippen LogP contribution >= 0.6 is 0 Å². The molecule has 0 bridgehead atoms. The third-order valence-electron chi connectivity index (χ3n) is 13.9. The number of hydrogen-bond acceptors (Lipinski definition) is 8. The predicted molar refractivity (Wildman–Crippen MR) is 316 cm³/mol. The minimum atomic E-state index is -3.17. The average molecular weight is 1250 g/mol. The highest BCUT2D eigenvalue weighted by Gasteiger charge is 2.09. The van der Waals surface area contributed by atoms with Gasteiger partial charge in [0.2, 0.25) is 0 Å². The van der Waals surface area contributed by atoms with Gasteiger partial charge in [0.1, 0.15) is 129 Å². The second-order valence-corrected chi connectivity index (χ2v) is 19.0. The number of aromatic nitrogens is 16. The Morgan fingerprint density at radius 1 is 0.239 bits per heavy atom. The Morgan fingerprint density at radius 3 is 0.330 bits per heavy atom. The maximum absolute atomic E-state index is 9.89. The van der Waals surface area contributed by atoms with E-state index in [2.05, 4.69) is 339 Å². The predicted octanol–water partition coefficient (Wildman–Crippen LogP) is -4.23. The summed E-state index contributed by atoms with van der Waals surface area (Å²) in [6, 6.07) is 0. The topological polar surface area (TPSA) is 255 Å². The number of rotatable bonds is 8. The van der Waals surface area contributed by atoms with Crippen molar-refractivity contribution in [1.82, 2.24) is 36.5 Å². The molecule has 8 aromatic rings. The van der Waals surface area contributed by atoms with Crippen LogP contribution in [0.15, 0.2) is 99.1 Å². The average Bonchev–Trinajstić information content (AvgIpc) is 4.39. The van der Waals surface area contributed by atoms with Gasteiger partial charge in [0, 0.05) is 55.4 Å². The molecule has 0 radical (unpaired) electrons. The lowest BCUT2D eigenvalue weighted by Crippen LogP contribution is -2.39. The van der Waals surface area contributed by atoms with Crippen LogP contribution in [0.1, 0.15) is 102 Å². The number of hydrogen-bond donors (Lipinski definition) is 0. The molecule has 32 heteroatoms. The first-order valence-corrected chi connectivity index (χ1v) is 28.9. The maximum atomic E-state index is 9.89. The summed E-state index contributed by atoms with van der Waals surface area (Å²) >= 11 is 0. The van der Waals surface area contributed by atoms with Gasteiger partial charge in [-0.15, -0.1) is 0 Å². The molecule has 0 atom stereocenters. The van der Waals surface area contributed by atoms with Crippen LogP contribution in [-0.4, -0.2) is 66.1 Å². The fraction of sp³-hybridized carbons (Fsp3) is 0.571. The van der Waals surface area contributed by atoms with Crippen molar-refractivity contribution < 1.29 is 94.0 Å². The van der Waals surface area contributed by atoms with Crippen molar-refractivity contribution in [3.05, 3.63) is 146 Å². The van der Waals surface area contributed by atoms with E-state index in [1.807, 2.05) is 0 Å². The van der Waals surface area contributed by atoms with Gasteiger partial charge in [-0.2, -0.15) is 0 Å². The van der Waals surface area contributed by atoms with E-state index in [-0.39, 0.29) is 0 Å². The molecular weight excluding hydrogens is 1140 g/mol. The monoisotopic (exact) mass is 1250 g/mol. The molecule has 0 saturated carbocycles. The van der Waals surface area contributed by atoms with Crippen molar-refractivity contribution in [2.75, 3.05) is 0 Å². The van der Waals surface area contributed by atoms with Gasteiger partial charge in [-0.3, -0.25) is 0 Å². The van der Waals surface area contributed by atoms with Crippen molar-refractivity contribution in [1.29, 1.82) is 0 Å². The molecule has 0 N–H and O–H groups in total. The molecule has 496 valence electrons. The molecule has 0 spiro atoms. The van der Waals surface area contributed by atoms with Crippen molar-refractivity contribution >= 4 is 29.6 Å². The van der Waals surface area contributed by atoms with Crippen LogP contribution in [0.25, 0.3) is 0 Å². The fourth-order valence-electron chi connectivity index (χ4n) is 7.46. The zero-order valence-corrected chi connectivity index (χ0v) is 57.1. The van der Waals surface area contributed by atoms with E-state index < -0.39 is 29.6 Å². The summed E-state index contributed by atoms with van der Waals surface area (Å²) in [4.78, 5) is 0. The lowest BCUT2D eigenvalue weighted by atomic mass is 10.3. The third kappa shape index (κ3) is 37.9. The molecule has 0 saturated heterocycles. The molecule has 8 heterocycles. The Balaban J connectivity index is -0.000000443. The van der Waals surface area contributed by atoms with Gasteiger partial charge >= 0.3 is 0 Å². The van der Waals surface area contributed by atoms with E-state index in [4.69, 9.17) is 40.2 Å². The number of aryl methyl sites for hydroxylation is 16. The van der Waals surface area contributed by atoms with Crippen LogP contribution in [0.3, 0.4) is 0 Å². The minimum Gasteiger partial charge on any atom is -0.867 e. The lowest BCUT2D eigenvalue weighted by Gasteiger charge is -2.09. The first-order chi connectivity index (χ1) is 41.0. The van der Waals surface area contributed by atoms with Crippen molar-refractivity contribution in [3.8, 4) is 0 Å². The van der Waals surface area contributed by atoms with Crippen LogP contribution in [0, 0.1) is 55.4 Å². The molecule has 0 aromatic carbocycles. The van der Waals surface area contributed by atoms with Crippen molar-refractivity contribution in [2.45, 2.75) is 163 Å². The normalized spacial score (nSPS) is 9.50. The van der Waals surface area contributed by atoms with E-state index >= 15 is 0 Å². The number of halogens is 4. The molecule has 8 rings (SSSR count). The molecule has 0 aliphatic carbocycles. The summed E-state index contributed by atoms with van der Waals surface area (Å²) in [5, 5.41) is 66.4. The van der Waals surface area contributed by atoms with Crippen LogP contribution in [0.2, 0.25) is 0 Å². The number of nitrogens with zero attached hydrogens (tertiary/aromatic N) is 16.